The molecular weight excluding hydrogens is 707 g/mol. The van der Waals surface area contributed by atoms with E-state index in [2.05, 4.69) is 110 Å². The van der Waals surface area contributed by atoms with E-state index in [1.165, 1.54) is 151 Å². The van der Waals surface area contributed by atoms with Crippen molar-refractivity contribution < 1.29 is 4.42 Å². The molecule has 0 saturated heterocycles. The Morgan fingerprint density at radius 3 is 1.55 bits per heavy atom. The van der Waals surface area contributed by atoms with Gasteiger partial charge in [0.05, 0.1) is 17.1 Å². The van der Waals surface area contributed by atoms with Crippen molar-refractivity contribution in [2.24, 2.45) is 0 Å². The summed E-state index contributed by atoms with van der Waals surface area (Å²) < 4.78 is 8.14. The van der Waals surface area contributed by atoms with Crippen LogP contribution in [0.3, 0.4) is 0 Å². The van der Waals surface area contributed by atoms with Crippen LogP contribution in [0.1, 0.15) is 165 Å². The van der Waals surface area contributed by atoms with E-state index in [0.29, 0.717) is 5.89 Å². The molecule has 0 N–H and O–H groups in total. The molecule has 0 radical (unpaired) electrons. The predicted molar refractivity (Wildman–Crippen MR) is 248 cm³/mol. The van der Waals surface area contributed by atoms with Crippen LogP contribution in [-0.2, 0) is 12.8 Å². The third-order valence-corrected chi connectivity index (χ3v) is 11.7. The highest BCUT2D eigenvalue weighted by Gasteiger charge is 2.13. The molecule has 2 heterocycles. The summed E-state index contributed by atoms with van der Waals surface area (Å²) >= 11 is 0. The first-order valence-corrected chi connectivity index (χ1v) is 23.1. The fourth-order valence-corrected chi connectivity index (χ4v) is 8.08. The second kappa shape index (κ2) is 24.3. The number of oxazole rings is 1. The topological polar surface area (TPSA) is 43.9 Å². The Balaban J connectivity index is 1.07. The Kier molecular flexibility index (Phi) is 18.0. The van der Waals surface area contributed by atoms with Gasteiger partial charge in [0, 0.05) is 11.1 Å². The number of aryl methyl sites for hydroxylation is 2. The van der Waals surface area contributed by atoms with Gasteiger partial charge >= 0.3 is 0 Å². The summed E-state index contributed by atoms with van der Waals surface area (Å²) in [5, 5.41) is 5.14. The second-order valence-electron chi connectivity index (χ2n) is 16.5. The van der Waals surface area contributed by atoms with Gasteiger partial charge in [0.25, 0.3) is 0 Å². The highest BCUT2D eigenvalue weighted by Crippen LogP contribution is 2.29. The standard InChI is InChI=1S/C54H69N3O/c1-3-5-7-9-11-13-15-17-19-21-25-44-29-31-46(32-30-44)35-40-49-43-52(47-36-33-45(34-37-47)26-22-20-18-16-14-12-10-8-6-4-2)57(56-49)50-41-38-48(39-42-50)54-55-51-27-23-24-28-53(51)58-54/h23-24,27-43H,3-22,25-26H2,1-2H3. The summed E-state index contributed by atoms with van der Waals surface area (Å²) in [5.74, 6) is 0.629. The van der Waals surface area contributed by atoms with Crippen molar-refractivity contribution in [2.45, 2.75) is 155 Å². The molecule has 306 valence electrons. The number of fused-ring (bicyclic) bond motifs is 1. The van der Waals surface area contributed by atoms with Crippen LogP contribution < -0.4 is 0 Å². The maximum Gasteiger partial charge on any atom is 0.227 e. The fraction of sp³-hybridized carbons (Fsp3) is 0.444. The zero-order valence-corrected chi connectivity index (χ0v) is 35.8. The van der Waals surface area contributed by atoms with E-state index in [0.717, 1.165) is 46.6 Å². The Hall–Kier alpha value is -4.70. The lowest BCUT2D eigenvalue weighted by Crippen LogP contribution is -1.99. The van der Waals surface area contributed by atoms with E-state index in [1.807, 2.05) is 24.3 Å². The highest BCUT2D eigenvalue weighted by molar-refractivity contribution is 5.76. The fourth-order valence-electron chi connectivity index (χ4n) is 8.08. The molecule has 58 heavy (non-hydrogen) atoms. The minimum absolute atomic E-state index is 0.629. The van der Waals surface area contributed by atoms with Crippen LogP contribution in [0.25, 0.3) is 51.7 Å². The molecule has 0 aliphatic carbocycles. The van der Waals surface area contributed by atoms with Crippen LogP contribution in [-0.4, -0.2) is 14.8 Å². The number of rotatable bonds is 27. The molecule has 4 heteroatoms. The van der Waals surface area contributed by atoms with E-state index < -0.39 is 0 Å². The van der Waals surface area contributed by atoms with Gasteiger partial charge in [-0.1, -0.05) is 196 Å². The van der Waals surface area contributed by atoms with Gasteiger partial charge in [-0.25, -0.2) is 9.67 Å². The van der Waals surface area contributed by atoms with Crippen molar-refractivity contribution in [3.05, 3.63) is 126 Å². The van der Waals surface area contributed by atoms with Gasteiger partial charge in [-0.3, -0.25) is 0 Å². The quantitative estimate of drug-likeness (QED) is 0.0490. The summed E-state index contributed by atoms with van der Waals surface area (Å²) in [5.41, 5.74) is 10.8. The van der Waals surface area contributed by atoms with E-state index in [9.17, 15) is 0 Å². The lowest BCUT2D eigenvalue weighted by atomic mass is 10.0. The van der Waals surface area contributed by atoms with E-state index in [4.69, 9.17) is 14.5 Å². The summed E-state index contributed by atoms with van der Waals surface area (Å²) in [6, 6.07) is 36.8. The molecule has 0 aliphatic rings. The molecule has 4 aromatic carbocycles. The maximum absolute atomic E-state index is 6.06. The van der Waals surface area contributed by atoms with Crippen molar-refractivity contribution in [3.8, 4) is 28.4 Å². The zero-order valence-electron chi connectivity index (χ0n) is 35.8. The van der Waals surface area contributed by atoms with Crippen molar-refractivity contribution >= 4 is 23.3 Å². The Bertz CT molecular complexity index is 2020. The largest absolute Gasteiger partial charge is 0.436 e. The first-order chi connectivity index (χ1) is 28.7. The zero-order chi connectivity index (χ0) is 40.0. The van der Waals surface area contributed by atoms with Crippen LogP contribution in [0.15, 0.2) is 108 Å². The highest BCUT2D eigenvalue weighted by atomic mass is 16.3. The van der Waals surface area contributed by atoms with Crippen LogP contribution in [0.4, 0.5) is 0 Å². The van der Waals surface area contributed by atoms with Crippen molar-refractivity contribution in [3.63, 3.8) is 0 Å². The molecular formula is C54H69N3O. The maximum atomic E-state index is 6.06. The average Bonchev–Trinajstić information content (AvgIpc) is 3.90. The molecule has 0 aliphatic heterocycles. The third-order valence-electron chi connectivity index (χ3n) is 11.7. The SMILES string of the molecule is CCCCCCCCCCCCc1ccc(C=Cc2cc(-c3ccc(CCCCCCCCCCCC)cc3)n(-c3ccc(-c4nc5ccccc5o4)cc3)n2)cc1. The van der Waals surface area contributed by atoms with Gasteiger partial charge in [-0.15, -0.1) is 0 Å². The van der Waals surface area contributed by atoms with Crippen LogP contribution in [0, 0.1) is 0 Å². The van der Waals surface area contributed by atoms with Gasteiger partial charge < -0.3 is 4.42 Å². The van der Waals surface area contributed by atoms with Gasteiger partial charge in [0.1, 0.15) is 5.52 Å². The molecule has 0 bridgehead atoms. The van der Waals surface area contributed by atoms with Crippen molar-refractivity contribution in [1.29, 1.82) is 0 Å². The number of benzene rings is 4. The molecule has 0 spiro atoms. The minimum Gasteiger partial charge on any atom is -0.436 e. The number of aromatic nitrogens is 3. The molecule has 2 aromatic heterocycles. The van der Waals surface area contributed by atoms with Gasteiger partial charge in [0.2, 0.25) is 5.89 Å². The summed E-state index contributed by atoms with van der Waals surface area (Å²) in [6.45, 7) is 4.58. The van der Waals surface area contributed by atoms with E-state index in [-0.39, 0.29) is 0 Å². The van der Waals surface area contributed by atoms with Crippen molar-refractivity contribution in [1.82, 2.24) is 14.8 Å². The Morgan fingerprint density at radius 2 is 1.00 bits per heavy atom. The van der Waals surface area contributed by atoms with E-state index in [1.54, 1.807) is 0 Å². The predicted octanol–water partition coefficient (Wildman–Crippen LogP) is 16.4. The first kappa shape index (κ1) is 42.9. The minimum atomic E-state index is 0.629. The molecule has 0 fully saturated rings. The number of nitrogens with zero attached hydrogens (tertiary/aromatic N) is 3. The van der Waals surface area contributed by atoms with Gasteiger partial charge in [-0.2, -0.15) is 5.10 Å². The number of unbranched alkanes of at least 4 members (excludes halogenated alkanes) is 18. The molecule has 6 rings (SSSR count). The summed E-state index contributed by atoms with van der Waals surface area (Å²) in [7, 11) is 0. The monoisotopic (exact) mass is 776 g/mol. The van der Waals surface area contributed by atoms with Crippen molar-refractivity contribution in [2.75, 3.05) is 0 Å². The molecule has 0 atom stereocenters. The second-order valence-corrected chi connectivity index (χ2v) is 16.5. The van der Waals surface area contributed by atoms with Crippen LogP contribution in [0.5, 0.6) is 0 Å². The summed E-state index contributed by atoms with van der Waals surface area (Å²) in [4.78, 5) is 4.71. The first-order valence-electron chi connectivity index (χ1n) is 23.1. The van der Waals surface area contributed by atoms with Gasteiger partial charge in [-0.05, 0) is 90.9 Å². The average molecular weight is 776 g/mol. The lowest BCUT2D eigenvalue weighted by Gasteiger charge is -2.09. The normalized spacial score (nSPS) is 11.7. The Labute approximate surface area is 350 Å². The molecule has 0 amide bonds. The molecule has 4 nitrogen and oxygen atoms in total. The van der Waals surface area contributed by atoms with Crippen LogP contribution in [0.2, 0.25) is 0 Å². The smallest absolute Gasteiger partial charge is 0.227 e. The van der Waals surface area contributed by atoms with E-state index >= 15 is 0 Å². The van der Waals surface area contributed by atoms with Gasteiger partial charge in [0.15, 0.2) is 5.58 Å². The summed E-state index contributed by atoms with van der Waals surface area (Å²) in [6.07, 6.45) is 34.1. The third kappa shape index (κ3) is 13.7. The molecule has 6 aromatic rings. The Morgan fingerprint density at radius 1 is 0.500 bits per heavy atom. The molecule has 0 unspecified atom stereocenters. The van der Waals surface area contributed by atoms with Crippen LogP contribution >= 0.6 is 0 Å². The number of hydrogen-bond donors (Lipinski definition) is 0. The number of hydrogen-bond acceptors (Lipinski definition) is 3. The lowest BCUT2D eigenvalue weighted by molar-refractivity contribution is 0.556. The number of para-hydroxylation sites is 2. The molecule has 0 saturated carbocycles.